The molecule has 0 radical (unpaired) electrons. The van der Waals surface area contributed by atoms with Crippen LogP contribution in [0.3, 0.4) is 0 Å². The third-order valence-corrected chi connectivity index (χ3v) is 5.14. The molecule has 0 amide bonds. The molecule has 2 aliphatic rings. The summed E-state index contributed by atoms with van der Waals surface area (Å²) < 4.78 is 7.04. The fraction of sp³-hybridized carbons (Fsp3) is 0.526. The largest absolute Gasteiger partial charge is 0.378 e. The predicted molar refractivity (Wildman–Crippen MR) is 99.3 cm³/mol. The normalized spacial score (nSPS) is 21.7. The summed E-state index contributed by atoms with van der Waals surface area (Å²) in [7, 11) is 0. The summed E-state index contributed by atoms with van der Waals surface area (Å²) in [5.74, 6) is 0. The lowest BCUT2D eigenvalue weighted by atomic mass is 10.1. The number of anilines is 1. The van der Waals surface area contributed by atoms with Crippen molar-refractivity contribution < 1.29 is 4.74 Å². The maximum atomic E-state index is 12.7. The van der Waals surface area contributed by atoms with E-state index < -0.39 is 0 Å². The summed E-state index contributed by atoms with van der Waals surface area (Å²) in [4.78, 5) is 21.4. The fourth-order valence-electron chi connectivity index (χ4n) is 3.80. The molecule has 26 heavy (non-hydrogen) atoms. The molecular weight excluding hydrogens is 330 g/mol. The number of nitrogens with zero attached hydrogens (tertiary/aromatic N) is 5. The third-order valence-electron chi connectivity index (χ3n) is 5.14. The van der Waals surface area contributed by atoms with E-state index in [9.17, 15) is 4.79 Å². The summed E-state index contributed by atoms with van der Waals surface area (Å²) in [6.07, 6.45) is 7.59. The van der Waals surface area contributed by atoms with Crippen LogP contribution < -0.4 is 10.5 Å². The first-order valence-electron chi connectivity index (χ1n) is 9.32. The molecule has 0 saturated carbocycles. The number of ether oxygens (including phenoxy) is 1. The van der Waals surface area contributed by atoms with Crippen LogP contribution in [-0.4, -0.2) is 59.1 Å². The van der Waals surface area contributed by atoms with Crippen molar-refractivity contribution in [3.63, 3.8) is 0 Å². The van der Waals surface area contributed by atoms with Gasteiger partial charge in [-0.15, -0.1) is 0 Å². The zero-order chi connectivity index (χ0) is 17.8. The summed E-state index contributed by atoms with van der Waals surface area (Å²) in [6, 6.07) is 5.91. The van der Waals surface area contributed by atoms with Gasteiger partial charge in [-0.05, 0) is 31.0 Å². The highest BCUT2D eigenvalue weighted by atomic mass is 16.5. The third kappa shape index (κ3) is 3.94. The van der Waals surface area contributed by atoms with E-state index in [1.165, 1.54) is 5.56 Å². The van der Waals surface area contributed by atoms with E-state index in [0.717, 1.165) is 51.3 Å². The maximum absolute atomic E-state index is 12.7. The molecule has 4 rings (SSSR count). The lowest BCUT2D eigenvalue weighted by Gasteiger charge is -2.33. The van der Waals surface area contributed by atoms with Crippen LogP contribution in [0.25, 0.3) is 0 Å². The first-order valence-corrected chi connectivity index (χ1v) is 9.32. The molecule has 0 unspecified atom stereocenters. The molecule has 2 fully saturated rings. The van der Waals surface area contributed by atoms with Gasteiger partial charge in [0.2, 0.25) is 0 Å². The van der Waals surface area contributed by atoms with Gasteiger partial charge in [-0.25, -0.2) is 4.68 Å². The smallest absolute Gasteiger partial charge is 0.269 e. The Morgan fingerprint density at radius 2 is 2.08 bits per heavy atom. The zero-order valence-corrected chi connectivity index (χ0v) is 15.0. The van der Waals surface area contributed by atoms with Gasteiger partial charge >= 0.3 is 0 Å². The van der Waals surface area contributed by atoms with E-state index >= 15 is 0 Å². The average molecular weight is 355 g/mol. The number of hydrogen-bond donors (Lipinski definition) is 0. The molecule has 7 nitrogen and oxygen atoms in total. The molecule has 2 aromatic rings. The second-order valence-corrected chi connectivity index (χ2v) is 6.99. The van der Waals surface area contributed by atoms with Crippen LogP contribution >= 0.6 is 0 Å². The van der Waals surface area contributed by atoms with E-state index in [-0.39, 0.29) is 11.6 Å². The van der Waals surface area contributed by atoms with Gasteiger partial charge in [0, 0.05) is 44.6 Å². The van der Waals surface area contributed by atoms with Gasteiger partial charge in [0.25, 0.3) is 5.56 Å². The first-order chi connectivity index (χ1) is 12.8. The van der Waals surface area contributed by atoms with Crippen LogP contribution in [0.15, 0.2) is 41.6 Å². The number of morpholine rings is 1. The Balaban J connectivity index is 1.45. The maximum Gasteiger partial charge on any atom is 0.269 e. The quantitative estimate of drug-likeness (QED) is 0.824. The highest BCUT2D eigenvalue weighted by molar-refractivity contribution is 5.43. The van der Waals surface area contributed by atoms with Gasteiger partial charge < -0.3 is 9.64 Å². The number of piperidine rings is 1. The summed E-state index contributed by atoms with van der Waals surface area (Å²) in [5.41, 5.74) is 2.09. The first kappa shape index (κ1) is 17.2. The number of aromatic nitrogens is 3. The van der Waals surface area contributed by atoms with E-state index in [0.29, 0.717) is 13.2 Å². The van der Waals surface area contributed by atoms with Gasteiger partial charge in [-0.1, -0.05) is 6.07 Å². The Kier molecular flexibility index (Phi) is 5.26. The van der Waals surface area contributed by atoms with E-state index in [1.54, 1.807) is 16.9 Å². The highest BCUT2D eigenvalue weighted by Gasteiger charge is 2.23. The molecule has 2 saturated heterocycles. The van der Waals surface area contributed by atoms with E-state index in [4.69, 9.17) is 4.74 Å². The molecular formula is C19H25N5O2. The van der Waals surface area contributed by atoms with Crippen LogP contribution in [0.4, 0.5) is 5.69 Å². The van der Waals surface area contributed by atoms with Gasteiger partial charge in [0.05, 0.1) is 31.1 Å². The minimum absolute atomic E-state index is 0.0118. The lowest BCUT2D eigenvalue weighted by molar-refractivity contribution is 0.122. The Morgan fingerprint density at radius 1 is 1.19 bits per heavy atom. The topological polar surface area (TPSA) is 63.5 Å². The van der Waals surface area contributed by atoms with Crippen LogP contribution in [0.1, 0.15) is 24.4 Å². The Morgan fingerprint density at radius 3 is 2.85 bits per heavy atom. The second-order valence-electron chi connectivity index (χ2n) is 6.99. The van der Waals surface area contributed by atoms with Crippen molar-refractivity contribution in [3.05, 3.63) is 52.7 Å². The Hall–Kier alpha value is -2.25. The van der Waals surface area contributed by atoms with E-state index in [1.807, 2.05) is 18.5 Å². The van der Waals surface area contributed by atoms with Crippen LogP contribution in [0.2, 0.25) is 0 Å². The molecule has 0 aliphatic carbocycles. The SMILES string of the molecule is O=c1cc(N2CCOCC2)cnn1[C@H]1CCCN(Cc2cccnc2)C1. The number of rotatable bonds is 4. The molecule has 2 aliphatic heterocycles. The van der Waals surface area contributed by atoms with Gasteiger partial charge in [-0.2, -0.15) is 5.10 Å². The number of hydrogen-bond acceptors (Lipinski definition) is 6. The summed E-state index contributed by atoms with van der Waals surface area (Å²) in [6.45, 7) is 5.79. The molecule has 138 valence electrons. The molecule has 0 N–H and O–H groups in total. The molecule has 2 aromatic heterocycles. The van der Waals surface area contributed by atoms with Crippen LogP contribution in [-0.2, 0) is 11.3 Å². The Labute approximate surface area is 153 Å². The molecule has 1 atom stereocenters. The molecule has 0 aromatic carbocycles. The fourth-order valence-corrected chi connectivity index (χ4v) is 3.80. The molecule has 7 heteroatoms. The lowest BCUT2D eigenvalue weighted by Crippen LogP contribution is -2.41. The van der Waals surface area contributed by atoms with Crippen molar-refractivity contribution >= 4 is 5.69 Å². The molecule has 0 spiro atoms. The molecule has 4 heterocycles. The van der Waals surface area contributed by atoms with Crippen molar-refractivity contribution in [1.82, 2.24) is 19.7 Å². The van der Waals surface area contributed by atoms with E-state index in [2.05, 4.69) is 25.9 Å². The van der Waals surface area contributed by atoms with Crippen molar-refractivity contribution in [2.24, 2.45) is 0 Å². The summed E-state index contributed by atoms with van der Waals surface area (Å²) in [5, 5.41) is 4.50. The monoisotopic (exact) mass is 355 g/mol. The van der Waals surface area contributed by atoms with Crippen molar-refractivity contribution in [3.8, 4) is 0 Å². The van der Waals surface area contributed by atoms with Crippen LogP contribution in [0, 0.1) is 0 Å². The van der Waals surface area contributed by atoms with Gasteiger partial charge in [-0.3, -0.25) is 14.7 Å². The van der Waals surface area contributed by atoms with Gasteiger partial charge in [0.15, 0.2) is 0 Å². The van der Waals surface area contributed by atoms with Crippen LogP contribution in [0.5, 0.6) is 0 Å². The van der Waals surface area contributed by atoms with Gasteiger partial charge in [0.1, 0.15) is 0 Å². The second kappa shape index (κ2) is 7.97. The minimum Gasteiger partial charge on any atom is -0.378 e. The number of pyridine rings is 1. The van der Waals surface area contributed by atoms with Crippen molar-refractivity contribution in [2.45, 2.75) is 25.4 Å². The molecule has 0 bridgehead atoms. The standard InChI is InChI=1S/C19H25N5O2/c25-19-11-18(23-7-9-26-10-8-23)13-21-24(19)17-4-2-6-22(15-17)14-16-3-1-5-20-12-16/h1,3,5,11-13,17H,2,4,6-10,14-15H2/t17-/m0/s1. The Bertz CT molecular complexity index is 773. The summed E-state index contributed by atoms with van der Waals surface area (Å²) >= 11 is 0. The average Bonchev–Trinajstić information content (AvgIpc) is 2.69. The zero-order valence-electron chi connectivity index (χ0n) is 15.0. The number of likely N-dealkylation sites (tertiary alicyclic amines) is 1. The minimum atomic E-state index is -0.0118. The predicted octanol–water partition coefficient (Wildman–Crippen LogP) is 1.31. The highest BCUT2D eigenvalue weighted by Crippen LogP contribution is 2.21. The van der Waals surface area contributed by atoms with Crippen molar-refractivity contribution in [2.75, 3.05) is 44.3 Å². The van der Waals surface area contributed by atoms with Crippen molar-refractivity contribution in [1.29, 1.82) is 0 Å².